The Morgan fingerprint density at radius 3 is 2.87 bits per heavy atom. The number of methoxy groups -OCH3 is 1. The lowest BCUT2D eigenvalue weighted by Crippen LogP contribution is -2.24. The largest absolute Gasteiger partial charge is 0.481 e. The summed E-state index contributed by atoms with van der Waals surface area (Å²) in [6, 6.07) is 10.7. The molecule has 6 heteroatoms. The van der Waals surface area contributed by atoms with Gasteiger partial charge in [-0.2, -0.15) is 0 Å². The molecule has 1 aromatic carbocycles. The maximum Gasteiger partial charge on any atom is 0.407 e. The molecule has 0 atom stereocenters. The summed E-state index contributed by atoms with van der Waals surface area (Å²) in [7, 11) is 1.46. The maximum absolute atomic E-state index is 13.1. The second-order valence-electron chi connectivity index (χ2n) is 4.60. The van der Waals surface area contributed by atoms with Crippen LogP contribution >= 0.6 is 0 Å². The molecule has 0 spiro atoms. The van der Waals surface area contributed by atoms with Crippen molar-refractivity contribution in [2.45, 2.75) is 6.61 Å². The van der Waals surface area contributed by atoms with Crippen molar-refractivity contribution in [1.82, 2.24) is 10.3 Å². The van der Waals surface area contributed by atoms with Crippen LogP contribution in [0.3, 0.4) is 0 Å². The molecular formula is C17H17FN2O3. The normalized spacial score (nSPS) is 10.5. The zero-order valence-electron chi connectivity index (χ0n) is 12.7. The third kappa shape index (κ3) is 5.43. The minimum absolute atomic E-state index is 0.206. The molecule has 0 aliphatic heterocycles. The van der Waals surface area contributed by atoms with Crippen molar-refractivity contribution in [3.63, 3.8) is 0 Å². The number of ether oxygens (including phenoxy) is 2. The summed E-state index contributed by atoms with van der Waals surface area (Å²) in [5.41, 5.74) is 1.40. The van der Waals surface area contributed by atoms with Gasteiger partial charge in [0, 0.05) is 12.1 Å². The summed E-state index contributed by atoms with van der Waals surface area (Å²) < 4.78 is 23.2. The summed E-state index contributed by atoms with van der Waals surface area (Å²) in [6.45, 7) is 0.450. The summed E-state index contributed by atoms with van der Waals surface area (Å²) in [4.78, 5) is 15.4. The highest BCUT2D eigenvalue weighted by Crippen LogP contribution is 2.16. The lowest BCUT2D eigenvalue weighted by Gasteiger charge is -2.05. The quantitative estimate of drug-likeness (QED) is 0.889. The number of carbonyl (C=O) groups is 1. The van der Waals surface area contributed by atoms with E-state index in [4.69, 9.17) is 9.47 Å². The number of hydrogen-bond donors (Lipinski definition) is 1. The number of halogens is 1. The fourth-order valence-corrected chi connectivity index (χ4v) is 1.83. The first-order valence-corrected chi connectivity index (χ1v) is 6.99. The first-order valence-electron chi connectivity index (χ1n) is 6.99. The molecule has 0 aliphatic rings. The first kappa shape index (κ1) is 16.5. The SMILES string of the molecule is COc1ncc(F)cc1C=CCNC(=O)OCc1ccccc1. The maximum atomic E-state index is 13.1. The van der Waals surface area contributed by atoms with Crippen LogP contribution in [0.1, 0.15) is 11.1 Å². The highest BCUT2D eigenvalue weighted by atomic mass is 19.1. The van der Waals surface area contributed by atoms with Gasteiger partial charge in [-0.15, -0.1) is 0 Å². The van der Waals surface area contributed by atoms with Crippen molar-refractivity contribution < 1.29 is 18.7 Å². The van der Waals surface area contributed by atoms with E-state index in [9.17, 15) is 9.18 Å². The molecule has 0 aliphatic carbocycles. The van der Waals surface area contributed by atoms with Crippen LogP contribution in [0.15, 0.2) is 48.7 Å². The molecular weight excluding hydrogens is 299 g/mol. The number of rotatable bonds is 6. The number of pyridine rings is 1. The molecule has 0 saturated heterocycles. The molecule has 120 valence electrons. The Morgan fingerprint density at radius 1 is 1.35 bits per heavy atom. The third-order valence-electron chi connectivity index (χ3n) is 2.91. The number of alkyl carbamates (subject to hydrolysis) is 1. The van der Waals surface area contributed by atoms with Crippen LogP contribution in [0.4, 0.5) is 9.18 Å². The minimum Gasteiger partial charge on any atom is -0.481 e. The van der Waals surface area contributed by atoms with E-state index in [-0.39, 0.29) is 13.2 Å². The van der Waals surface area contributed by atoms with Crippen molar-refractivity contribution in [2.24, 2.45) is 0 Å². The van der Waals surface area contributed by atoms with Crippen LogP contribution in [-0.2, 0) is 11.3 Å². The molecule has 0 radical (unpaired) electrons. The topological polar surface area (TPSA) is 60.5 Å². The van der Waals surface area contributed by atoms with E-state index < -0.39 is 11.9 Å². The van der Waals surface area contributed by atoms with Crippen molar-refractivity contribution >= 4 is 12.2 Å². The number of nitrogens with one attached hydrogen (secondary N) is 1. The Bertz CT molecular complexity index is 675. The number of aromatic nitrogens is 1. The summed E-state index contributed by atoms with van der Waals surface area (Å²) in [5, 5.41) is 2.57. The van der Waals surface area contributed by atoms with Crippen LogP contribution in [0.2, 0.25) is 0 Å². The summed E-state index contributed by atoms with van der Waals surface area (Å²) in [5.74, 6) is -0.144. The Balaban J connectivity index is 1.78. The van der Waals surface area contributed by atoms with E-state index >= 15 is 0 Å². The molecule has 1 heterocycles. The average Bonchev–Trinajstić information content (AvgIpc) is 2.58. The Labute approximate surface area is 133 Å². The smallest absolute Gasteiger partial charge is 0.407 e. The van der Waals surface area contributed by atoms with Crippen molar-refractivity contribution in [1.29, 1.82) is 0 Å². The number of amides is 1. The second kappa shape index (κ2) is 8.53. The molecule has 1 aromatic heterocycles. The molecule has 0 fully saturated rings. The van der Waals surface area contributed by atoms with Crippen LogP contribution in [-0.4, -0.2) is 24.7 Å². The summed E-state index contributed by atoms with van der Waals surface area (Å²) in [6.07, 6.45) is 3.83. The van der Waals surface area contributed by atoms with Crippen LogP contribution < -0.4 is 10.1 Å². The van der Waals surface area contributed by atoms with E-state index in [1.807, 2.05) is 30.3 Å². The molecule has 2 aromatic rings. The van der Waals surface area contributed by atoms with Crippen LogP contribution in [0.5, 0.6) is 5.88 Å². The van der Waals surface area contributed by atoms with Gasteiger partial charge in [-0.25, -0.2) is 14.2 Å². The zero-order chi connectivity index (χ0) is 16.5. The lowest BCUT2D eigenvalue weighted by molar-refractivity contribution is 0.141. The van der Waals surface area contributed by atoms with E-state index in [2.05, 4.69) is 10.3 Å². The van der Waals surface area contributed by atoms with Crippen LogP contribution in [0, 0.1) is 5.82 Å². The Hall–Kier alpha value is -2.89. The van der Waals surface area contributed by atoms with E-state index in [1.165, 1.54) is 13.2 Å². The molecule has 1 amide bonds. The molecule has 0 saturated carbocycles. The predicted octanol–water partition coefficient (Wildman–Crippen LogP) is 3.17. The third-order valence-corrected chi connectivity index (χ3v) is 2.91. The zero-order valence-corrected chi connectivity index (χ0v) is 12.7. The fraction of sp³-hybridized carbons (Fsp3) is 0.176. The predicted molar refractivity (Wildman–Crippen MR) is 84.4 cm³/mol. The Morgan fingerprint density at radius 2 is 2.13 bits per heavy atom. The van der Waals surface area contributed by atoms with E-state index in [1.54, 1.807) is 12.2 Å². The molecule has 5 nitrogen and oxygen atoms in total. The van der Waals surface area contributed by atoms with E-state index in [0.717, 1.165) is 11.8 Å². The van der Waals surface area contributed by atoms with Crippen LogP contribution in [0.25, 0.3) is 6.08 Å². The lowest BCUT2D eigenvalue weighted by atomic mass is 10.2. The van der Waals surface area contributed by atoms with Gasteiger partial charge < -0.3 is 14.8 Å². The van der Waals surface area contributed by atoms with Gasteiger partial charge in [-0.05, 0) is 11.6 Å². The molecule has 2 rings (SSSR count). The van der Waals surface area contributed by atoms with E-state index in [0.29, 0.717) is 11.4 Å². The second-order valence-corrected chi connectivity index (χ2v) is 4.60. The van der Waals surface area contributed by atoms with Gasteiger partial charge in [-0.1, -0.05) is 42.5 Å². The Kier molecular flexibility index (Phi) is 6.11. The van der Waals surface area contributed by atoms with Gasteiger partial charge in [0.1, 0.15) is 12.4 Å². The molecule has 1 N–H and O–H groups in total. The average molecular weight is 316 g/mol. The number of carbonyl (C=O) groups excluding carboxylic acids is 1. The minimum atomic E-state index is -0.525. The highest BCUT2D eigenvalue weighted by Gasteiger charge is 2.03. The van der Waals surface area contributed by atoms with Gasteiger partial charge in [0.25, 0.3) is 0 Å². The van der Waals surface area contributed by atoms with Crippen molar-refractivity contribution in [3.8, 4) is 5.88 Å². The first-order chi connectivity index (χ1) is 11.2. The highest BCUT2D eigenvalue weighted by molar-refractivity contribution is 5.67. The van der Waals surface area contributed by atoms with Gasteiger partial charge >= 0.3 is 6.09 Å². The van der Waals surface area contributed by atoms with Gasteiger partial charge in [0.15, 0.2) is 0 Å². The molecule has 23 heavy (non-hydrogen) atoms. The van der Waals surface area contributed by atoms with Crippen molar-refractivity contribution in [2.75, 3.05) is 13.7 Å². The van der Waals surface area contributed by atoms with Gasteiger partial charge in [0.05, 0.1) is 13.3 Å². The standard InChI is InChI=1S/C17H17FN2O3/c1-22-16-14(10-15(18)11-20-16)8-5-9-19-17(21)23-12-13-6-3-2-4-7-13/h2-8,10-11H,9,12H2,1H3,(H,19,21). The fourth-order valence-electron chi connectivity index (χ4n) is 1.83. The number of hydrogen-bond acceptors (Lipinski definition) is 4. The number of nitrogens with zero attached hydrogens (tertiary/aromatic N) is 1. The monoisotopic (exact) mass is 316 g/mol. The summed E-state index contributed by atoms with van der Waals surface area (Å²) >= 11 is 0. The molecule has 0 unspecified atom stereocenters. The number of benzene rings is 1. The van der Waals surface area contributed by atoms with Crippen molar-refractivity contribution in [3.05, 3.63) is 65.6 Å². The molecule has 0 bridgehead atoms. The van der Waals surface area contributed by atoms with Gasteiger partial charge in [0.2, 0.25) is 5.88 Å². The van der Waals surface area contributed by atoms with Gasteiger partial charge in [-0.3, -0.25) is 0 Å².